The quantitative estimate of drug-likeness (QED) is 0.780. The van der Waals surface area contributed by atoms with Crippen molar-refractivity contribution < 1.29 is 9.42 Å². The number of aromatic nitrogens is 3. The summed E-state index contributed by atoms with van der Waals surface area (Å²) < 4.78 is 4.29. The number of carbonyl (C=O) groups excluding carboxylic acids is 1. The Labute approximate surface area is 89.2 Å². The molecule has 0 aliphatic carbocycles. The van der Waals surface area contributed by atoms with Gasteiger partial charge in [0.15, 0.2) is 5.69 Å². The number of halogens is 1. The molecule has 7 heteroatoms. The molecule has 0 radical (unpaired) electrons. The first-order valence-corrected chi connectivity index (χ1v) is 4.35. The summed E-state index contributed by atoms with van der Waals surface area (Å²) in [7, 11) is 0. The van der Waals surface area contributed by atoms with Crippen molar-refractivity contribution in [2.75, 3.05) is 5.32 Å². The molecule has 0 unspecified atom stereocenters. The maximum Gasteiger partial charge on any atom is 0.280 e. The standard InChI is InChI=1S/C8H5ClN4O2/c9-6-2-1-3-7(11-6)12-8(14)5-4-10-15-13-5/h1-4H,(H,11,12,14). The van der Waals surface area contributed by atoms with E-state index >= 15 is 0 Å². The van der Waals surface area contributed by atoms with Gasteiger partial charge in [-0.05, 0) is 17.3 Å². The number of anilines is 1. The second kappa shape index (κ2) is 4.05. The van der Waals surface area contributed by atoms with Crippen molar-refractivity contribution in [2.24, 2.45) is 0 Å². The Balaban J connectivity index is 2.13. The van der Waals surface area contributed by atoms with Crippen molar-refractivity contribution in [3.8, 4) is 0 Å². The maximum absolute atomic E-state index is 11.4. The topological polar surface area (TPSA) is 80.9 Å². The lowest BCUT2D eigenvalue weighted by atomic mass is 10.4. The van der Waals surface area contributed by atoms with E-state index < -0.39 is 5.91 Å². The van der Waals surface area contributed by atoms with E-state index in [-0.39, 0.29) is 5.69 Å². The molecule has 0 fully saturated rings. The highest BCUT2D eigenvalue weighted by atomic mass is 35.5. The third kappa shape index (κ3) is 2.29. The molecule has 6 nitrogen and oxygen atoms in total. The monoisotopic (exact) mass is 224 g/mol. The number of pyridine rings is 1. The van der Waals surface area contributed by atoms with Crippen LogP contribution in [0.1, 0.15) is 10.5 Å². The van der Waals surface area contributed by atoms with E-state index in [1.165, 1.54) is 6.20 Å². The van der Waals surface area contributed by atoms with E-state index in [1.807, 2.05) is 0 Å². The Hall–Kier alpha value is -1.95. The molecule has 0 aromatic carbocycles. The van der Waals surface area contributed by atoms with Gasteiger partial charge in [0.05, 0.1) is 0 Å². The molecular formula is C8H5ClN4O2. The van der Waals surface area contributed by atoms with E-state index in [0.717, 1.165) is 0 Å². The molecule has 15 heavy (non-hydrogen) atoms. The summed E-state index contributed by atoms with van der Waals surface area (Å²) in [5, 5.41) is 9.47. The molecule has 0 saturated heterocycles. The fourth-order valence-corrected chi connectivity index (χ4v) is 1.09. The summed E-state index contributed by atoms with van der Waals surface area (Å²) >= 11 is 5.64. The number of nitrogens with one attached hydrogen (secondary N) is 1. The molecular weight excluding hydrogens is 220 g/mol. The van der Waals surface area contributed by atoms with Crippen molar-refractivity contribution in [1.29, 1.82) is 0 Å². The number of nitrogens with zero attached hydrogens (tertiary/aromatic N) is 3. The van der Waals surface area contributed by atoms with Gasteiger partial charge < -0.3 is 5.32 Å². The summed E-state index contributed by atoms with van der Waals surface area (Å²) in [6, 6.07) is 4.89. The minimum Gasteiger partial charge on any atom is -0.305 e. The maximum atomic E-state index is 11.4. The van der Waals surface area contributed by atoms with Crippen LogP contribution in [-0.4, -0.2) is 21.2 Å². The van der Waals surface area contributed by atoms with E-state index in [2.05, 4.69) is 25.2 Å². The number of carbonyl (C=O) groups is 1. The van der Waals surface area contributed by atoms with E-state index in [4.69, 9.17) is 11.6 Å². The van der Waals surface area contributed by atoms with Crippen molar-refractivity contribution in [1.82, 2.24) is 15.3 Å². The minimum absolute atomic E-state index is 0.0803. The molecule has 2 rings (SSSR count). The van der Waals surface area contributed by atoms with Gasteiger partial charge in [0.25, 0.3) is 5.91 Å². The fraction of sp³-hybridized carbons (Fsp3) is 0. The minimum atomic E-state index is -0.453. The molecule has 2 aromatic heterocycles. The highest BCUT2D eigenvalue weighted by Crippen LogP contribution is 2.09. The number of amides is 1. The van der Waals surface area contributed by atoms with Crippen LogP contribution in [0.2, 0.25) is 5.15 Å². The molecule has 76 valence electrons. The van der Waals surface area contributed by atoms with E-state index in [0.29, 0.717) is 11.0 Å². The average Bonchev–Trinajstić information content (AvgIpc) is 2.70. The normalized spacial score (nSPS) is 9.93. The summed E-state index contributed by atoms with van der Waals surface area (Å²) in [5.74, 6) is -0.110. The molecule has 0 aliphatic rings. The molecule has 2 aromatic rings. The summed E-state index contributed by atoms with van der Waals surface area (Å²) in [6.45, 7) is 0. The zero-order valence-electron chi connectivity index (χ0n) is 7.35. The molecule has 0 atom stereocenters. The number of hydrogen-bond donors (Lipinski definition) is 1. The highest BCUT2D eigenvalue weighted by molar-refractivity contribution is 6.29. The smallest absolute Gasteiger partial charge is 0.280 e. The summed E-state index contributed by atoms with van der Waals surface area (Å²) in [6.07, 6.45) is 1.21. The predicted molar refractivity (Wildman–Crippen MR) is 51.5 cm³/mol. The molecule has 0 aliphatic heterocycles. The zero-order valence-corrected chi connectivity index (χ0v) is 8.10. The Kier molecular flexibility index (Phi) is 2.59. The van der Waals surface area contributed by atoms with Crippen LogP contribution in [0.4, 0.5) is 5.82 Å². The van der Waals surface area contributed by atoms with Crippen LogP contribution in [-0.2, 0) is 0 Å². The van der Waals surface area contributed by atoms with Gasteiger partial charge in [0, 0.05) is 0 Å². The van der Waals surface area contributed by atoms with Crippen molar-refractivity contribution in [3.63, 3.8) is 0 Å². The second-order valence-corrected chi connectivity index (χ2v) is 2.98. The van der Waals surface area contributed by atoms with Gasteiger partial charge in [-0.15, -0.1) is 0 Å². The van der Waals surface area contributed by atoms with Crippen LogP contribution in [0.15, 0.2) is 29.0 Å². The molecule has 1 amide bonds. The molecule has 0 saturated carbocycles. The van der Waals surface area contributed by atoms with Crippen molar-refractivity contribution in [3.05, 3.63) is 35.2 Å². The van der Waals surface area contributed by atoms with Crippen molar-refractivity contribution >= 4 is 23.3 Å². The van der Waals surface area contributed by atoms with Crippen LogP contribution in [0.3, 0.4) is 0 Å². The Morgan fingerprint density at radius 1 is 1.47 bits per heavy atom. The Morgan fingerprint density at radius 3 is 3.00 bits per heavy atom. The first-order chi connectivity index (χ1) is 7.25. The van der Waals surface area contributed by atoms with Gasteiger partial charge in [0.2, 0.25) is 0 Å². The van der Waals surface area contributed by atoms with E-state index in [1.54, 1.807) is 18.2 Å². The highest BCUT2D eigenvalue weighted by Gasteiger charge is 2.10. The van der Waals surface area contributed by atoms with Gasteiger partial charge >= 0.3 is 0 Å². The van der Waals surface area contributed by atoms with Gasteiger partial charge in [-0.25, -0.2) is 9.61 Å². The van der Waals surface area contributed by atoms with E-state index in [9.17, 15) is 4.79 Å². The predicted octanol–water partition coefficient (Wildman–Crippen LogP) is 1.37. The second-order valence-electron chi connectivity index (χ2n) is 2.59. The number of rotatable bonds is 2. The Bertz CT molecular complexity index is 471. The lowest BCUT2D eigenvalue weighted by molar-refractivity contribution is 0.101. The molecule has 0 bridgehead atoms. The average molecular weight is 225 g/mol. The van der Waals surface area contributed by atoms with Gasteiger partial charge in [-0.2, -0.15) is 0 Å². The largest absolute Gasteiger partial charge is 0.305 e. The van der Waals surface area contributed by atoms with Gasteiger partial charge in [0.1, 0.15) is 17.2 Å². The van der Waals surface area contributed by atoms with Crippen LogP contribution >= 0.6 is 11.6 Å². The molecule has 0 spiro atoms. The van der Waals surface area contributed by atoms with Gasteiger partial charge in [-0.1, -0.05) is 22.8 Å². The molecule has 1 N–H and O–H groups in total. The van der Waals surface area contributed by atoms with Crippen molar-refractivity contribution in [2.45, 2.75) is 0 Å². The molecule has 2 heterocycles. The number of hydrogen-bond acceptors (Lipinski definition) is 5. The summed E-state index contributed by atoms with van der Waals surface area (Å²) in [4.78, 5) is 15.3. The van der Waals surface area contributed by atoms with Crippen LogP contribution in [0, 0.1) is 0 Å². The van der Waals surface area contributed by atoms with Gasteiger partial charge in [-0.3, -0.25) is 4.79 Å². The van der Waals surface area contributed by atoms with Crippen LogP contribution in [0.5, 0.6) is 0 Å². The van der Waals surface area contributed by atoms with Crippen LogP contribution < -0.4 is 5.32 Å². The first-order valence-electron chi connectivity index (χ1n) is 3.97. The first kappa shape index (κ1) is 9.60. The zero-order chi connectivity index (χ0) is 10.7. The van der Waals surface area contributed by atoms with Crippen LogP contribution in [0.25, 0.3) is 0 Å². The fourth-order valence-electron chi connectivity index (χ4n) is 0.923. The summed E-state index contributed by atoms with van der Waals surface area (Å²) in [5.41, 5.74) is 0.0803. The lowest BCUT2D eigenvalue weighted by Crippen LogP contribution is -2.13. The third-order valence-corrected chi connectivity index (χ3v) is 1.76. The Morgan fingerprint density at radius 2 is 2.33 bits per heavy atom. The third-order valence-electron chi connectivity index (χ3n) is 1.55. The lowest BCUT2D eigenvalue weighted by Gasteiger charge is -2.00. The SMILES string of the molecule is O=C(Nc1cccc(Cl)n1)c1cnon1.